The molecule has 86 valence electrons. The lowest BCUT2D eigenvalue weighted by Gasteiger charge is -2.16. The number of benzene rings is 1. The van der Waals surface area contributed by atoms with Gasteiger partial charge in [-0.1, -0.05) is 18.2 Å². The molecule has 0 saturated carbocycles. The lowest BCUT2D eigenvalue weighted by molar-refractivity contribution is -0.217. The van der Waals surface area contributed by atoms with Gasteiger partial charge in [-0.15, -0.1) is 0 Å². The van der Waals surface area contributed by atoms with Crippen LogP contribution < -0.4 is 0 Å². The van der Waals surface area contributed by atoms with Crippen molar-refractivity contribution < 1.29 is 17.9 Å². The fraction of sp³-hybridized carbons (Fsp3) is 0.364. The van der Waals surface area contributed by atoms with E-state index in [1.807, 2.05) is 6.07 Å². The molecule has 0 aromatic heterocycles. The van der Waals surface area contributed by atoms with Crippen molar-refractivity contribution in [3.63, 3.8) is 0 Å². The van der Waals surface area contributed by atoms with Gasteiger partial charge >= 0.3 is 6.18 Å². The SMILES string of the molecule is CC(OCc1ccccc1C#N)C(F)(F)F. The van der Waals surface area contributed by atoms with E-state index in [1.54, 1.807) is 18.2 Å². The highest BCUT2D eigenvalue weighted by molar-refractivity contribution is 5.36. The van der Waals surface area contributed by atoms with Crippen molar-refractivity contribution in [1.29, 1.82) is 5.26 Å². The van der Waals surface area contributed by atoms with Gasteiger partial charge in [0.2, 0.25) is 0 Å². The van der Waals surface area contributed by atoms with Gasteiger partial charge in [-0.2, -0.15) is 18.4 Å². The summed E-state index contributed by atoms with van der Waals surface area (Å²) >= 11 is 0. The van der Waals surface area contributed by atoms with Crippen LogP contribution in [-0.4, -0.2) is 12.3 Å². The summed E-state index contributed by atoms with van der Waals surface area (Å²) < 4.78 is 41.1. The van der Waals surface area contributed by atoms with Gasteiger partial charge in [-0.05, 0) is 18.6 Å². The number of ether oxygens (including phenoxy) is 1. The second-order valence-corrected chi connectivity index (χ2v) is 3.26. The molecule has 16 heavy (non-hydrogen) atoms. The van der Waals surface area contributed by atoms with E-state index >= 15 is 0 Å². The smallest absolute Gasteiger partial charge is 0.364 e. The molecule has 0 amide bonds. The Morgan fingerprint density at radius 1 is 1.38 bits per heavy atom. The first-order chi connectivity index (χ1) is 7.45. The number of nitriles is 1. The van der Waals surface area contributed by atoms with Gasteiger partial charge in [0, 0.05) is 0 Å². The first-order valence-electron chi connectivity index (χ1n) is 4.61. The third-order valence-corrected chi connectivity index (χ3v) is 2.09. The molecule has 1 aromatic rings. The van der Waals surface area contributed by atoms with Crippen LogP contribution in [0.5, 0.6) is 0 Å². The fourth-order valence-electron chi connectivity index (χ4n) is 1.06. The molecule has 0 saturated heterocycles. The van der Waals surface area contributed by atoms with Crippen LogP contribution in [0, 0.1) is 11.3 Å². The first-order valence-corrected chi connectivity index (χ1v) is 4.61. The maximum atomic E-state index is 12.1. The van der Waals surface area contributed by atoms with Crippen molar-refractivity contribution in [2.45, 2.75) is 25.8 Å². The van der Waals surface area contributed by atoms with Crippen LogP contribution in [0.4, 0.5) is 13.2 Å². The normalized spacial score (nSPS) is 13.2. The molecule has 0 N–H and O–H groups in total. The second-order valence-electron chi connectivity index (χ2n) is 3.26. The molecule has 0 aliphatic carbocycles. The minimum absolute atomic E-state index is 0.218. The van der Waals surface area contributed by atoms with Crippen molar-refractivity contribution in [3.8, 4) is 6.07 Å². The fourth-order valence-corrected chi connectivity index (χ4v) is 1.06. The summed E-state index contributed by atoms with van der Waals surface area (Å²) in [6, 6.07) is 8.31. The number of nitrogens with zero attached hydrogens (tertiary/aromatic N) is 1. The Bertz CT molecular complexity index is 395. The molecule has 0 radical (unpaired) electrons. The molecule has 1 atom stereocenters. The maximum absolute atomic E-state index is 12.1. The molecule has 0 bridgehead atoms. The van der Waals surface area contributed by atoms with Crippen LogP contribution in [-0.2, 0) is 11.3 Å². The van der Waals surface area contributed by atoms with Crippen LogP contribution in [0.15, 0.2) is 24.3 Å². The van der Waals surface area contributed by atoms with Crippen LogP contribution in [0.3, 0.4) is 0 Å². The van der Waals surface area contributed by atoms with Crippen LogP contribution in [0.2, 0.25) is 0 Å². The lowest BCUT2D eigenvalue weighted by atomic mass is 10.1. The number of halogens is 3. The van der Waals surface area contributed by atoms with Gasteiger partial charge in [-0.3, -0.25) is 0 Å². The first kappa shape index (κ1) is 12.5. The van der Waals surface area contributed by atoms with E-state index < -0.39 is 12.3 Å². The molecule has 0 aliphatic rings. The predicted molar refractivity (Wildman–Crippen MR) is 51.5 cm³/mol. The number of alkyl halides is 3. The van der Waals surface area contributed by atoms with Gasteiger partial charge in [0.25, 0.3) is 0 Å². The van der Waals surface area contributed by atoms with Crippen LogP contribution in [0.25, 0.3) is 0 Å². The highest BCUT2D eigenvalue weighted by Gasteiger charge is 2.36. The number of hydrogen-bond donors (Lipinski definition) is 0. The van der Waals surface area contributed by atoms with E-state index in [9.17, 15) is 13.2 Å². The molecule has 0 heterocycles. The molecule has 0 spiro atoms. The van der Waals surface area contributed by atoms with Crippen molar-refractivity contribution in [1.82, 2.24) is 0 Å². The lowest BCUT2D eigenvalue weighted by Crippen LogP contribution is -2.28. The van der Waals surface area contributed by atoms with Gasteiger partial charge < -0.3 is 4.74 Å². The monoisotopic (exact) mass is 229 g/mol. The largest absolute Gasteiger partial charge is 0.414 e. The Kier molecular flexibility index (Phi) is 3.91. The molecule has 0 aliphatic heterocycles. The standard InChI is InChI=1S/C11H10F3NO/c1-8(11(12,13)14)16-7-10-5-3-2-4-9(10)6-15/h2-5,8H,7H2,1H3. The van der Waals surface area contributed by atoms with Crippen LogP contribution >= 0.6 is 0 Å². The van der Waals surface area contributed by atoms with Crippen molar-refractivity contribution in [3.05, 3.63) is 35.4 Å². The molecule has 5 heteroatoms. The summed E-state index contributed by atoms with van der Waals surface area (Å²) in [6.45, 7) is 0.722. The molecular weight excluding hydrogens is 219 g/mol. The zero-order valence-corrected chi connectivity index (χ0v) is 8.58. The summed E-state index contributed by atoms with van der Waals surface area (Å²) in [5.74, 6) is 0. The summed E-state index contributed by atoms with van der Waals surface area (Å²) in [7, 11) is 0. The quantitative estimate of drug-likeness (QED) is 0.798. The van der Waals surface area contributed by atoms with Crippen molar-refractivity contribution in [2.75, 3.05) is 0 Å². The molecule has 1 aromatic carbocycles. The second kappa shape index (κ2) is 4.99. The van der Waals surface area contributed by atoms with E-state index in [0.29, 0.717) is 11.1 Å². The maximum Gasteiger partial charge on any atom is 0.414 e. The van der Waals surface area contributed by atoms with Crippen LogP contribution in [0.1, 0.15) is 18.1 Å². The highest BCUT2D eigenvalue weighted by atomic mass is 19.4. The van der Waals surface area contributed by atoms with E-state index in [0.717, 1.165) is 6.92 Å². The Morgan fingerprint density at radius 2 is 2.00 bits per heavy atom. The Balaban J connectivity index is 2.66. The summed E-state index contributed by atoms with van der Waals surface area (Å²) in [4.78, 5) is 0. The number of rotatable bonds is 3. The zero-order valence-electron chi connectivity index (χ0n) is 8.58. The van der Waals surface area contributed by atoms with Gasteiger partial charge in [0.1, 0.15) is 0 Å². The van der Waals surface area contributed by atoms with E-state index in [4.69, 9.17) is 5.26 Å². The molecule has 1 unspecified atom stereocenters. The Labute approximate surface area is 91.3 Å². The third kappa shape index (κ3) is 3.24. The van der Waals surface area contributed by atoms with Gasteiger partial charge in [0.15, 0.2) is 6.10 Å². The average Bonchev–Trinajstić information content (AvgIpc) is 2.24. The topological polar surface area (TPSA) is 33.0 Å². The Morgan fingerprint density at radius 3 is 2.56 bits per heavy atom. The van der Waals surface area contributed by atoms with E-state index in [1.165, 1.54) is 6.07 Å². The van der Waals surface area contributed by atoms with Gasteiger partial charge in [-0.25, -0.2) is 0 Å². The van der Waals surface area contributed by atoms with Crippen molar-refractivity contribution in [2.24, 2.45) is 0 Å². The third-order valence-electron chi connectivity index (χ3n) is 2.09. The number of hydrogen-bond acceptors (Lipinski definition) is 2. The zero-order chi connectivity index (χ0) is 12.2. The molecule has 0 fully saturated rings. The van der Waals surface area contributed by atoms with Crippen molar-refractivity contribution >= 4 is 0 Å². The van der Waals surface area contributed by atoms with E-state index in [-0.39, 0.29) is 6.61 Å². The van der Waals surface area contributed by atoms with E-state index in [2.05, 4.69) is 4.74 Å². The molecular formula is C11H10F3NO. The predicted octanol–water partition coefficient (Wildman–Crippen LogP) is 3.03. The summed E-state index contributed by atoms with van der Waals surface area (Å²) in [5.41, 5.74) is 0.790. The highest BCUT2D eigenvalue weighted by Crippen LogP contribution is 2.23. The minimum atomic E-state index is -4.37. The minimum Gasteiger partial charge on any atom is -0.364 e. The molecule has 1 rings (SSSR count). The molecule has 2 nitrogen and oxygen atoms in total. The average molecular weight is 229 g/mol. The summed E-state index contributed by atoms with van der Waals surface area (Å²) in [5, 5.41) is 8.72. The Hall–Kier alpha value is -1.54. The summed E-state index contributed by atoms with van der Waals surface area (Å²) in [6.07, 6.45) is -6.21. The van der Waals surface area contributed by atoms with Gasteiger partial charge in [0.05, 0.1) is 18.2 Å².